The summed E-state index contributed by atoms with van der Waals surface area (Å²) in [6, 6.07) is 9.34. The molecule has 132 valence electrons. The van der Waals surface area contributed by atoms with Crippen LogP contribution >= 0.6 is 0 Å². The van der Waals surface area contributed by atoms with Gasteiger partial charge in [-0.2, -0.15) is 0 Å². The van der Waals surface area contributed by atoms with Gasteiger partial charge in [-0.15, -0.1) is 0 Å². The average Bonchev–Trinajstić information content (AvgIpc) is 2.64. The summed E-state index contributed by atoms with van der Waals surface area (Å²) in [5.41, 5.74) is 2.44. The third-order valence-electron chi connectivity index (χ3n) is 3.86. The van der Waals surface area contributed by atoms with Gasteiger partial charge in [0.2, 0.25) is 5.75 Å². The van der Waals surface area contributed by atoms with Crippen LogP contribution in [0.1, 0.15) is 5.56 Å². The molecule has 25 heavy (non-hydrogen) atoms. The zero-order chi connectivity index (χ0) is 17.8. The van der Waals surface area contributed by atoms with Crippen LogP contribution in [0, 0.1) is 0 Å². The number of ether oxygens (including phenoxy) is 4. The van der Waals surface area contributed by atoms with Gasteiger partial charge in [0.05, 0.1) is 32.7 Å². The Balaban J connectivity index is 1.80. The number of hydrogen-bond donors (Lipinski definition) is 2. The molecule has 0 aliphatic carbocycles. The number of fused-ring (bicyclic) bond motifs is 1. The van der Waals surface area contributed by atoms with Crippen molar-refractivity contribution >= 4 is 17.3 Å². The van der Waals surface area contributed by atoms with Gasteiger partial charge in [0.25, 0.3) is 5.91 Å². The second-order valence-corrected chi connectivity index (χ2v) is 5.40. The standard InChI is InChI=1S/C18H20N2O5/c1-22-15-7-5-12(17(23-2)18(15)24-3)19-9-11-4-6-14-13(8-11)20-16(21)10-25-14/h4-8,19H,9-10H2,1-3H3,(H,20,21). The van der Waals surface area contributed by atoms with E-state index < -0.39 is 0 Å². The smallest absolute Gasteiger partial charge is 0.262 e. The molecule has 1 heterocycles. The number of anilines is 2. The molecule has 0 saturated heterocycles. The lowest BCUT2D eigenvalue weighted by molar-refractivity contribution is -0.118. The lowest BCUT2D eigenvalue weighted by Crippen LogP contribution is -2.25. The van der Waals surface area contributed by atoms with Crippen LogP contribution in [0.2, 0.25) is 0 Å². The van der Waals surface area contributed by atoms with E-state index in [-0.39, 0.29) is 12.5 Å². The first kappa shape index (κ1) is 16.8. The zero-order valence-electron chi connectivity index (χ0n) is 14.3. The number of benzene rings is 2. The van der Waals surface area contributed by atoms with E-state index in [1.54, 1.807) is 21.3 Å². The molecule has 2 aromatic rings. The molecule has 0 bridgehead atoms. The van der Waals surface area contributed by atoms with Gasteiger partial charge in [0, 0.05) is 6.54 Å². The molecular weight excluding hydrogens is 324 g/mol. The van der Waals surface area contributed by atoms with Crippen molar-refractivity contribution in [2.75, 3.05) is 38.6 Å². The Kier molecular flexibility index (Phi) is 4.83. The Bertz CT molecular complexity index is 791. The molecule has 1 amide bonds. The summed E-state index contributed by atoms with van der Waals surface area (Å²) in [4.78, 5) is 11.4. The van der Waals surface area contributed by atoms with Crippen molar-refractivity contribution in [3.05, 3.63) is 35.9 Å². The fraction of sp³-hybridized carbons (Fsp3) is 0.278. The topological polar surface area (TPSA) is 78.1 Å². The summed E-state index contributed by atoms with van der Waals surface area (Å²) >= 11 is 0. The normalized spacial score (nSPS) is 12.5. The molecule has 0 saturated carbocycles. The van der Waals surface area contributed by atoms with Crippen molar-refractivity contribution in [3.8, 4) is 23.0 Å². The van der Waals surface area contributed by atoms with Crippen LogP contribution in [0.25, 0.3) is 0 Å². The molecule has 7 heteroatoms. The predicted molar refractivity (Wildman–Crippen MR) is 94.0 cm³/mol. The van der Waals surface area contributed by atoms with Gasteiger partial charge in [-0.3, -0.25) is 4.79 Å². The molecule has 0 radical (unpaired) electrons. The molecule has 0 aromatic heterocycles. The molecule has 2 N–H and O–H groups in total. The number of carbonyl (C=O) groups excluding carboxylic acids is 1. The van der Waals surface area contributed by atoms with Crippen LogP contribution < -0.4 is 29.6 Å². The molecular formula is C18H20N2O5. The van der Waals surface area contributed by atoms with Crippen molar-refractivity contribution in [3.63, 3.8) is 0 Å². The van der Waals surface area contributed by atoms with Crippen LogP contribution in [0.15, 0.2) is 30.3 Å². The molecule has 0 fully saturated rings. The highest BCUT2D eigenvalue weighted by Crippen LogP contribution is 2.42. The van der Waals surface area contributed by atoms with Crippen LogP contribution in [-0.2, 0) is 11.3 Å². The summed E-state index contributed by atoms with van der Waals surface area (Å²) in [5.74, 6) is 2.21. The van der Waals surface area contributed by atoms with Crippen molar-refractivity contribution in [1.82, 2.24) is 0 Å². The summed E-state index contributed by atoms with van der Waals surface area (Å²) in [5, 5.41) is 6.11. The maximum atomic E-state index is 11.4. The maximum Gasteiger partial charge on any atom is 0.262 e. The van der Waals surface area contributed by atoms with E-state index in [4.69, 9.17) is 18.9 Å². The quantitative estimate of drug-likeness (QED) is 0.839. The first-order valence-corrected chi connectivity index (χ1v) is 7.74. The summed E-state index contributed by atoms with van der Waals surface area (Å²) in [6.07, 6.45) is 0. The van der Waals surface area contributed by atoms with Gasteiger partial charge in [0.1, 0.15) is 5.75 Å². The molecule has 0 spiro atoms. The SMILES string of the molecule is COc1ccc(NCc2ccc3c(c2)NC(=O)CO3)c(OC)c1OC. The zero-order valence-corrected chi connectivity index (χ0v) is 14.3. The Morgan fingerprint density at radius 1 is 1.08 bits per heavy atom. The van der Waals surface area contributed by atoms with E-state index in [2.05, 4.69) is 10.6 Å². The first-order chi connectivity index (χ1) is 12.2. The van der Waals surface area contributed by atoms with Gasteiger partial charge in [-0.05, 0) is 29.8 Å². The Morgan fingerprint density at radius 3 is 2.60 bits per heavy atom. The number of rotatable bonds is 6. The van der Waals surface area contributed by atoms with E-state index in [9.17, 15) is 4.79 Å². The molecule has 7 nitrogen and oxygen atoms in total. The lowest BCUT2D eigenvalue weighted by atomic mass is 10.1. The average molecular weight is 344 g/mol. The third kappa shape index (κ3) is 3.40. The largest absolute Gasteiger partial charge is 0.493 e. The fourth-order valence-electron chi connectivity index (χ4n) is 2.68. The fourth-order valence-corrected chi connectivity index (χ4v) is 2.68. The minimum absolute atomic E-state index is 0.0490. The van der Waals surface area contributed by atoms with E-state index in [1.807, 2.05) is 30.3 Å². The molecule has 3 rings (SSSR count). The van der Waals surface area contributed by atoms with Gasteiger partial charge >= 0.3 is 0 Å². The van der Waals surface area contributed by atoms with Crippen molar-refractivity contribution < 1.29 is 23.7 Å². The van der Waals surface area contributed by atoms with E-state index in [0.29, 0.717) is 35.2 Å². The van der Waals surface area contributed by atoms with E-state index in [1.165, 1.54) is 0 Å². The number of nitrogens with one attached hydrogen (secondary N) is 2. The third-order valence-corrected chi connectivity index (χ3v) is 3.86. The summed E-state index contributed by atoms with van der Waals surface area (Å²) in [7, 11) is 4.72. The second-order valence-electron chi connectivity index (χ2n) is 5.40. The van der Waals surface area contributed by atoms with Crippen LogP contribution in [0.3, 0.4) is 0 Å². The minimum Gasteiger partial charge on any atom is -0.493 e. The van der Waals surface area contributed by atoms with Gasteiger partial charge in [0.15, 0.2) is 18.1 Å². The molecule has 0 unspecified atom stereocenters. The highest BCUT2D eigenvalue weighted by molar-refractivity contribution is 5.95. The second kappa shape index (κ2) is 7.21. The van der Waals surface area contributed by atoms with Crippen LogP contribution in [0.4, 0.5) is 11.4 Å². The van der Waals surface area contributed by atoms with Gasteiger partial charge in [-0.1, -0.05) is 6.07 Å². The van der Waals surface area contributed by atoms with Crippen molar-refractivity contribution in [1.29, 1.82) is 0 Å². The highest BCUT2D eigenvalue weighted by Gasteiger charge is 2.17. The van der Waals surface area contributed by atoms with Gasteiger partial charge in [-0.25, -0.2) is 0 Å². The number of amides is 1. The monoisotopic (exact) mass is 344 g/mol. The van der Waals surface area contributed by atoms with Gasteiger partial charge < -0.3 is 29.6 Å². The summed E-state index contributed by atoms with van der Waals surface area (Å²) in [6.45, 7) is 0.586. The number of carbonyl (C=O) groups is 1. The summed E-state index contributed by atoms with van der Waals surface area (Å²) < 4.78 is 21.5. The Morgan fingerprint density at radius 2 is 1.88 bits per heavy atom. The predicted octanol–water partition coefficient (Wildman–Crippen LogP) is 2.66. The van der Waals surface area contributed by atoms with Crippen molar-refractivity contribution in [2.24, 2.45) is 0 Å². The number of methoxy groups -OCH3 is 3. The molecule has 2 aromatic carbocycles. The minimum atomic E-state index is -0.154. The van der Waals surface area contributed by atoms with Crippen LogP contribution in [-0.4, -0.2) is 33.8 Å². The maximum absolute atomic E-state index is 11.4. The number of hydrogen-bond acceptors (Lipinski definition) is 6. The van der Waals surface area contributed by atoms with E-state index in [0.717, 1.165) is 11.3 Å². The van der Waals surface area contributed by atoms with E-state index >= 15 is 0 Å². The molecule has 0 atom stereocenters. The Hall–Kier alpha value is -3.09. The highest BCUT2D eigenvalue weighted by atomic mass is 16.5. The van der Waals surface area contributed by atoms with Crippen LogP contribution in [0.5, 0.6) is 23.0 Å². The lowest BCUT2D eigenvalue weighted by Gasteiger charge is -2.19. The molecule has 1 aliphatic rings. The first-order valence-electron chi connectivity index (χ1n) is 7.74. The molecule has 1 aliphatic heterocycles. The Labute approximate surface area is 145 Å². The van der Waals surface area contributed by atoms with Crippen molar-refractivity contribution in [2.45, 2.75) is 6.54 Å².